The van der Waals surface area contributed by atoms with Crippen LogP contribution in [0.4, 0.5) is 0 Å². The molecule has 1 fully saturated rings. The van der Waals surface area contributed by atoms with E-state index in [-0.39, 0.29) is 0 Å². The molecule has 0 N–H and O–H groups in total. The standard InChI is InChI=1S/C8H17NOS/c1-2-3-4-9-5-7-11(10)8-6-9/h2-8H2,1H3. The van der Waals surface area contributed by atoms with Crippen LogP contribution in [0, 0.1) is 0 Å². The van der Waals surface area contributed by atoms with Crippen LogP contribution in [-0.4, -0.2) is 40.2 Å². The van der Waals surface area contributed by atoms with Crippen molar-refractivity contribution in [2.24, 2.45) is 0 Å². The van der Waals surface area contributed by atoms with Crippen molar-refractivity contribution < 1.29 is 4.21 Å². The zero-order chi connectivity index (χ0) is 8.10. The summed E-state index contributed by atoms with van der Waals surface area (Å²) in [4.78, 5) is 2.42. The van der Waals surface area contributed by atoms with Gasteiger partial charge in [-0.25, -0.2) is 0 Å². The minimum Gasteiger partial charge on any atom is -0.302 e. The number of nitrogens with zero attached hydrogens (tertiary/aromatic N) is 1. The van der Waals surface area contributed by atoms with Gasteiger partial charge in [-0.05, 0) is 13.0 Å². The lowest BCUT2D eigenvalue weighted by Gasteiger charge is -2.25. The van der Waals surface area contributed by atoms with Gasteiger partial charge in [0.05, 0.1) is 0 Å². The molecule has 1 aliphatic rings. The highest BCUT2D eigenvalue weighted by Gasteiger charge is 2.13. The maximum absolute atomic E-state index is 11.0. The van der Waals surface area contributed by atoms with Gasteiger partial charge in [0.15, 0.2) is 0 Å². The van der Waals surface area contributed by atoms with E-state index in [0.29, 0.717) is 0 Å². The molecule has 0 aromatic carbocycles. The molecule has 1 saturated heterocycles. The van der Waals surface area contributed by atoms with Crippen LogP contribution in [-0.2, 0) is 10.8 Å². The molecule has 1 rings (SSSR count). The Labute approximate surface area is 71.4 Å². The predicted octanol–water partition coefficient (Wildman–Crippen LogP) is 0.851. The third kappa shape index (κ3) is 3.34. The molecule has 1 heterocycles. The van der Waals surface area contributed by atoms with Crippen molar-refractivity contribution in [1.29, 1.82) is 0 Å². The summed E-state index contributed by atoms with van der Waals surface area (Å²) in [6, 6.07) is 0. The van der Waals surface area contributed by atoms with Gasteiger partial charge in [0.25, 0.3) is 0 Å². The molecule has 0 bridgehead atoms. The number of rotatable bonds is 3. The van der Waals surface area contributed by atoms with Crippen LogP contribution in [0.15, 0.2) is 0 Å². The molecule has 0 amide bonds. The molecule has 0 unspecified atom stereocenters. The molecule has 0 aromatic heterocycles. The van der Waals surface area contributed by atoms with Crippen molar-refractivity contribution in [1.82, 2.24) is 4.90 Å². The van der Waals surface area contributed by atoms with E-state index in [1.165, 1.54) is 19.4 Å². The average Bonchev–Trinajstić information content (AvgIpc) is 2.04. The first-order valence-electron chi connectivity index (χ1n) is 4.40. The lowest BCUT2D eigenvalue weighted by Crippen LogP contribution is -2.38. The Morgan fingerprint density at radius 2 is 2.00 bits per heavy atom. The SMILES string of the molecule is CCCCN1CCS(=O)CC1. The highest BCUT2D eigenvalue weighted by Crippen LogP contribution is 2.01. The van der Waals surface area contributed by atoms with Crippen molar-refractivity contribution >= 4 is 10.8 Å². The molecular formula is C8H17NOS. The maximum Gasteiger partial charge on any atom is 0.0363 e. The molecule has 66 valence electrons. The second kappa shape index (κ2) is 4.88. The molecule has 0 atom stereocenters. The van der Waals surface area contributed by atoms with E-state index in [1.54, 1.807) is 0 Å². The van der Waals surface area contributed by atoms with Gasteiger partial charge in [-0.3, -0.25) is 4.21 Å². The lowest BCUT2D eigenvalue weighted by molar-refractivity contribution is 0.294. The Balaban J connectivity index is 2.12. The van der Waals surface area contributed by atoms with E-state index < -0.39 is 10.8 Å². The van der Waals surface area contributed by atoms with Gasteiger partial charge in [-0.15, -0.1) is 0 Å². The van der Waals surface area contributed by atoms with E-state index in [9.17, 15) is 4.21 Å². The Kier molecular flexibility index (Phi) is 4.08. The molecule has 0 aromatic rings. The van der Waals surface area contributed by atoms with Gasteiger partial charge >= 0.3 is 0 Å². The first-order valence-corrected chi connectivity index (χ1v) is 5.89. The van der Waals surface area contributed by atoms with Crippen LogP contribution in [0.1, 0.15) is 19.8 Å². The van der Waals surface area contributed by atoms with Crippen molar-refractivity contribution in [3.8, 4) is 0 Å². The summed E-state index contributed by atoms with van der Waals surface area (Å²) in [5, 5.41) is 0. The monoisotopic (exact) mass is 175 g/mol. The zero-order valence-electron chi connectivity index (χ0n) is 7.21. The van der Waals surface area contributed by atoms with Gasteiger partial charge < -0.3 is 4.90 Å². The lowest BCUT2D eigenvalue weighted by atomic mass is 10.3. The van der Waals surface area contributed by atoms with E-state index in [0.717, 1.165) is 24.6 Å². The Morgan fingerprint density at radius 1 is 1.36 bits per heavy atom. The molecule has 3 heteroatoms. The quantitative estimate of drug-likeness (QED) is 0.634. The van der Waals surface area contributed by atoms with E-state index >= 15 is 0 Å². The highest BCUT2D eigenvalue weighted by molar-refractivity contribution is 7.85. The fraction of sp³-hybridized carbons (Fsp3) is 1.00. The fourth-order valence-corrected chi connectivity index (χ4v) is 2.41. The third-order valence-electron chi connectivity index (χ3n) is 2.10. The van der Waals surface area contributed by atoms with Crippen molar-refractivity contribution in [3.05, 3.63) is 0 Å². The molecule has 0 spiro atoms. The van der Waals surface area contributed by atoms with Gasteiger partial charge in [-0.2, -0.15) is 0 Å². The maximum atomic E-state index is 11.0. The normalized spacial score (nSPS) is 22.3. The summed E-state index contributed by atoms with van der Waals surface area (Å²) < 4.78 is 11.0. The van der Waals surface area contributed by atoms with Crippen molar-refractivity contribution in [3.63, 3.8) is 0 Å². The Bertz CT molecular complexity index is 128. The molecule has 0 radical (unpaired) electrons. The van der Waals surface area contributed by atoms with Crippen LogP contribution in [0.5, 0.6) is 0 Å². The molecule has 11 heavy (non-hydrogen) atoms. The smallest absolute Gasteiger partial charge is 0.0363 e. The number of hydrogen-bond acceptors (Lipinski definition) is 2. The van der Waals surface area contributed by atoms with Crippen LogP contribution >= 0.6 is 0 Å². The minimum absolute atomic E-state index is 0.508. The van der Waals surface area contributed by atoms with Gasteiger partial charge in [0.1, 0.15) is 0 Å². The summed E-state index contributed by atoms with van der Waals surface area (Å²) in [5.41, 5.74) is 0. The Hall–Kier alpha value is 0.110. The average molecular weight is 175 g/mol. The molecule has 0 saturated carbocycles. The van der Waals surface area contributed by atoms with Crippen LogP contribution in [0.25, 0.3) is 0 Å². The van der Waals surface area contributed by atoms with Gasteiger partial charge in [0.2, 0.25) is 0 Å². The first-order chi connectivity index (χ1) is 5.33. The predicted molar refractivity (Wildman–Crippen MR) is 49.2 cm³/mol. The first kappa shape index (κ1) is 9.20. The third-order valence-corrected chi connectivity index (χ3v) is 3.37. The van der Waals surface area contributed by atoms with E-state index in [4.69, 9.17) is 0 Å². The number of unbranched alkanes of at least 4 members (excludes halogenated alkanes) is 1. The van der Waals surface area contributed by atoms with Crippen LogP contribution in [0.3, 0.4) is 0 Å². The molecule has 2 nitrogen and oxygen atoms in total. The molecular weight excluding hydrogens is 158 g/mol. The van der Waals surface area contributed by atoms with Crippen LogP contribution in [0.2, 0.25) is 0 Å². The fourth-order valence-electron chi connectivity index (χ4n) is 1.28. The largest absolute Gasteiger partial charge is 0.302 e. The second-order valence-corrected chi connectivity index (χ2v) is 4.74. The van der Waals surface area contributed by atoms with Crippen molar-refractivity contribution in [2.45, 2.75) is 19.8 Å². The summed E-state index contributed by atoms with van der Waals surface area (Å²) in [7, 11) is -0.508. The van der Waals surface area contributed by atoms with E-state index in [1.807, 2.05) is 0 Å². The molecule has 1 aliphatic heterocycles. The van der Waals surface area contributed by atoms with E-state index in [2.05, 4.69) is 11.8 Å². The molecule has 0 aliphatic carbocycles. The zero-order valence-corrected chi connectivity index (χ0v) is 8.03. The second-order valence-electron chi connectivity index (χ2n) is 3.04. The highest BCUT2D eigenvalue weighted by atomic mass is 32.2. The minimum atomic E-state index is -0.508. The van der Waals surface area contributed by atoms with Crippen LogP contribution < -0.4 is 0 Å². The van der Waals surface area contributed by atoms with Gasteiger partial charge in [0, 0.05) is 35.4 Å². The summed E-state index contributed by atoms with van der Waals surface area (Å²) in [6.45, 7) is 5.51. The summed E-state index contributed by atoms with van der Waals surface area (Å²) in [5.74, 6) is 1.79. The van der Waals surface area contributed by atoms with Gasteiger partial charge in [-0.1, -0.05) is 13.3 Å². The summed E-state index contributed by atoms with van der Waals surface area (Å²) >= 11 is 0. The number of hydrogen-bond donors (Lipinski definition) is 0. The summed E-state index contributed by atoms with van der Waals surface area (Å²) in [6.07, 6.45) is 2.55. The Morgan fingerprint density at radius 3 is 2.55 bits per heavy atom. The van der Waals surface area contributed by atoms with Crippen molar-refractivity contribution in [2.75, 3.05) is 31.1 Å². The topological polar surface area (TPSA) is 20.3 Å².